The van der Waals surface area contributed by atoms with Gasteiger partial charge in [-0.25, -0.2) is 8.42 Å². The fraction of sp³-hybridized carbons (Fsp3) is 0.529. The maximum atomic E-state index is 13.1. The molecule has 26 heavy (non-hydrogen) atoms. The molecule has 8 nitrogen and oxygen atoms in total. The molecule has 0 amide bonds. The summed E-state index contributed by atoms with van der Waals surface area (Å²) < 4.78 is 32.5. The van der Waals surface area contributed by atoms with Gasteiger partial charge in [-0.05, 0) is 37.5 Å². The Bertz CT molecular complexity index is 942. The van der Waals surface area contributed by atoms with Crippen LogP contribution in [0.25, 0.3) is 0 Å². The minimum absolute atomic E-state index is 0.0675. The lowest BCUT2D eigenvalue weighted by atomic mass is 10.0. The molecule has 1 aromatic carbocycles. The number of rotatable bonds is 3. The number of anilines is 1. The molecule has 0 spiro atoms. The molecule has 1 fully saturated rings. The maximum Gasteiger partial charge on any atom is 0.260 e. The number of fused-ring (bicyclic) bond motifs is 1. The van der Waals surface area contributed by atoms with Crippen LogP contribution in [-0.4, -0.2) is 54.7 Å². The minimum Gasteiger partial charge on any atom is -0.379 e. The van der Waals surface area contributed by atoms with Gasteiger partial charge < -0.3 is 14.5 Å². The van der Waals surface area contributed by atoms with Gasteiger partial charge in [-0.3, -0.25) is 0 Å². The number of β-amino-alcohol motifs (C(OH)–C–C–N with tert-alkyl or cyclic N) is 1. The summed E-state index contributed by atoms with van der Waals surface area (Å²) in [5, 5.41) is 14.5. The number of aryl methyl sites for hydroxylation is 2. The van der Waals surface area contributed by atoms with Crippen molar-refractivity contribution in [1.82, 2.24) is 14.4 Å². The Labute approximate surface area is 152 Å². The van der Waals surface area contributed by atoms with E-state index in [0.717, 1.165) is 30.6 Å². The third kappa shape index (κ3) is 2.80. The number of sulfonamides is 1. The number of hydrogen-bond donors (Lipinski definition) is 1. The van der Waals surface area contributed by atoms with Crippen LogP contribution < -0.4 is 4.90 Å². The first-order valence-electron chi connectivity index (χ1n) is 8.67. The van der Waals surface area contributed by atoms with Gasteiger partial charge in [0.1, 0.15) is 0 Å². The van der Waals surface area contributed by atoms with Gasteiger partial charge in [0.2, 0.25) is 10.0 Å². The average Bonchev–Trinajstić information content (AvgIpc) is 3.22. The zero-order chi connectivity index (χ0) is 18.5. The molecule has 1 N–H and O–H groups in total. The first-order valence-corrected chi connectivity index (χ1v) is 10.1. The van der Waals surface area contributed by atoms with Crippen LogP contribution in [0.5, 0.6) is 0 Å². The molecule has 3 heterocycles. The van der Waals surface area contributed by atoms with Crippen molar-refractivity contribution in [2.75, 3.05) is 31.6 Å². The molecule has 4 rings (SSSR count). The molecule has 1 saturated heterocycles. The molecular formula is C17H22N4O4S. The SMILES string of the molecule is Cc1noc(C2(O)CCN(S(=O)(=O)c3ccc4c(c3)N(C)CCC4)C2)n1. The Morgan fingerprint density at radius 3 is 2.85 bits per heavy atom. The van der Waals surface area contributed by atoms with Gasteiger partial charge in [-0.15, -0.1) is 0 Å². The second-order valence-electron chi connectivity index (χ2n) is 7.08. The Kier molecular flexibility index (Phi) is 4.05. The third-order valence-corrected chi connectivity index (χ3v) is 7.02. The van der Waals surface area contributed by atoms with Gasteiger partial charge in [0.05, 0.1) is 11.4 Å². The topological polar surface area (TPSA) is 99.8 Å². The van der Waals surface area contributed by atoms with Crippen molar-refractivity contribution in [1.29, 1.82) is 0 Å². The summed E-state index contributed by atoms with van der Waals surface area (Å²) in [6, 6.07) is 5.28. The van der Waals surface area contributed by atoms with Crippen LogP contribution in [0.15, 0.2) is 27.6 Å². The van der Waals surface area contributed by atoms with Crippen LogP contribution >= 0.6 is 0 Å². The fourth-order valence-electron chi connectivity index (χ4n) is 3.67. The van der Waals surface area contributed by atoms with Gasteiger partial charge in [0, 0.05) is 32.2 Å². The lowest BCUT2D eigenvalue weighted by Gasteiger charge is -2.28. The minimum atomic E-state index is -3.71. The van der Waals surface area contributed by atoms with E-state index in [2.05, 4.69) is 15.0 Å². The first kappa shape index (κ1) is 17.4. The Hall–Kier alpha value is -1.97. The lowest BCUT2D eigenvalue weighted by molar-refractivity contribution is 0.0194. The molecule has 140 valence electrons. The van der Waals surface area contributed by atoms with E-state index in [4.69, 9.17) is 4.52 Å². The van der Waals surface area contributed by atoms with Crippen LogP contribution in [0.2, 0.25) is 0 Å². The van der Waals surface area contributed by atoms with Crippen LogP contribution in [0.1, 0.15) is 30.1 Å². The molecular weight excluding hydrogens is 356 g/mol. The van der Waals surface area contributed by atoms with Crippen molar-refractivity contribution < 1.29 is 18.0 Å². The van der Waals surface area contributed by atoms with Crippen LogP contribution in [-0.2, 0) is 22.0 Å². The Morgan fingerprint density at radius 2 is 2.12 bits per heavy atom. The second kappa shape index (κ2) is 6.04. The maximum absolute atomic E-state index is 13.1. The lowest BCUT2D eigenvalue weighted by Crippen LogP contribution is -2.35. The van der Waals surface area contributed by atoms with Gasteiger partial charge >= 0.3 is 0 Å². The molecule has 2 aromatic rings. The first-order chi connectivity index (χ1) is 12.3. The summed E-state index contributed by atoms with van der Waals surface area (Å²) in [5.41, 5.74) is 0.676. The number of nitrogens with zero attached hydrogens (tertiary/aromatic N) is 4. The van der Waals surface area contributed by atoms with Crippen molar-refractivity contribution in [2.45, 2.75) is 36.7 Å². The van der Waals surface area contributed by atoms with Crippen LogP contribution in [0.4, 0.5) is 5.69 Å². The van der Waals surface area contributed by atoms with E-state index in [1.165, 1.54) is 4.31 Å². The molecule has 2 aliphatic heterocycles. The quantitative estimate of drug-likeness (QED) is 0.852. The highest BCUT2D eigenvalue weighted by atomic mass is 32.2. The third-order valence-electron chi connectivity index (χ3n) is 5.18. The summed E-state index contributed by atoms with van der Waals surface area (Å²) >= 11 is 0. The van der Waals surface area contributed by atoms with Crippen LogP contribution in [0, 0.1) is 6.92 Å². The molecule has 0 aliphatic carbocycles. The molecule has 1 atom stereocenters. The van der Waals surface area contributed by atoms with E-state index >= 15 is 0 Å². The molecule has 0 radical (unpaired) electrons. The molecule has 0 bridgehead atoms. The van der Waals surface area contributed by atoms with Gasteiger partial charge in [0.25, 0.3) is 5.89 Å². The van der Waals surface area contributed by atoms with Crippen molar-refractivity contribution >= 4 is 15.7 Å². The molecule has 0 saturated carbocycles. The van der Waals surface area contributed by atoms with E-state index in [-0.39, 0.29) is 30.3 Å². The van der Waals surface area contributed by atoms with Gasteiger partial charge in [0.15, 0.2) is 11.4 Å². The predicted molar refractivity (Wildman–Crippen MR) is 94.3 cm³/mol. The monoisotopic (exact) mass is 378 g/mol. The highest BCUT2D eigenvalue weighted by Gasteiger charge is 2.46. The Balaban J connectivity index is 1.63. The largest absolute Gasteiger partial charge is 0.379 e. The smallest absolute Gasteiger partial charge is 0.260 e. The van der Waals surface area contributed by atoms with Crippen molar-refractivity contribution in [2.24, 2.45) is 0 Å². The van der Waals surface area contributed by atoms with E-state index in [1.54, 1.807) is 19.1 Å². The van der Waals surface area contributed by atoms with E-state index in [1.807, 2.05) is 13.1 Å². The summed E-state index contributed by atoms with van der Waals surface area (Å²) in [4.78, 5) is 6.39. The van der Waals surface area contributed by atoms with Crippen molar-refractivity contribution in [3.63, 3.8) is 0 Å². The molecule has 9 heteroatoms. The number of aromatic nitrogens is 2. The van der Waals surface area contributed by atoms with Crippen molar-refractivity contribution in [3.8, 4) is 0 Å². The van der Waals surface area contributed by atoms with Crippen molar-refractivity contribution in [3.05, 3.63) is 35.5 Å². The summed E-state index contributed by atoms with van der Waals surface area (Å²) in [7, 11) is -1.74. The summed E-state index contributed by atoms with van der Waals surface area (Å²) in [5.74, 6) is 0.477. The summed E-state index contributed by atoms with van der Waals surface area (Å²) in [6.45, 7) is 2.68. The fourth-order valence-corrected chi connectivity index (χ4v) is 5.19. The molecule has 1 aromatic heterocycles. The normalized spacial score (nSPS) is 24.0. The average molecular weight is 378 g/mol. The highest BCUT2D eigenvalue weighted by molar-refractivity contribution is 7.89. The molecule has 1 unspecified atom stereocenters. The Morgan fingerprint density at radius 1 is 1.31 bits per heavy atom. The number of aliphatic hydroxyl groups is 1. The number of benzene rings is 1. The van der Waals surface area contributed by atoms with Gasteiger partial charge in [-0.2, -0.15) is 9.29 Å². The predicted octanol–water partition coefficient (Wildman–Crippen LogP) is 1.04. The van der Waals surface area contributed by atoms with Crippen LogP contribution in [0.3, 0.4) is 0 Å². The van der Waals surface area contributed by atoms with E-state index < -0.39 is 15.6 Å². The van der Waals surface area contributed by atoms with Gasteiger partial charge in [-0.1, -0.05) is 11.2 Å². The zero-order valence-corrected chi connectivity index (χ0v) is 15.7. The molecule has 2 aliphatic rings. The van der Waals surface area contributed by atoms with E-state index in [0.29, 0.717) is 5.82 Å². The standard InChI is InChI=1S/C17H22N4O4S/c1-12-18-16(25-19-12)17(22)7-9-21(11-17)26(23,24)14-6-5-13-4-3-8-20(2)15(13)10-14/h5-6,10,22H,3-4,7-9,11H2,1-2H3. The van der Waals surface area contributed by atoms with E-state index in [9.17, 15) is 13.5 Å². The highest BCUT2D eigenvalue weighted by Crippen LogP contribution is 2.35. The second-order valence-corrected chi connectivity index (χ2v) is 9.02. The zero-order valence-electron chi connectivity index (χ0n) is 14.8. The number of hydrogen-bond acceptors (Lipinski definition) is 7. The summed E-state index contributed by atoms with van der Waals surface area (Å²) in [6.07, 6.45) is 2.25.